The SMILES string of the molecule is CCc1cc(Br)ccc1NC(=O)c1ccc(C)s1. The van der Waals surface area contributed by atoms with E-state index in [1.807, 2.05) is 37.3 Å². The number of benzene rings is 1. The van der Waals surface area contributed by atoms with E-state index in [0.717, 1.165) is 31.9 Å². The van der Waals surface area contributed by atoms with Crippen LogP contribution in [-0.4, -0.2) is 5.91 Å². The van der Waals surface area contributed by atoms with Crippen molar-refractivity contribution in [3.8, 4) is 0 Å². The first-order valence-electron chi connectivity index (χ1n) is 5.76. The van der Waals surface area contributed by atoms with Crippen LogP contribution in [0.2, 0.25) is 0 Å². The van der Waals surface area contributed by atoms with Crippen molar-refractivity contribution in [3.63, 3.8) is 0 Å². The molecule has 4 heteroatoms. The number of hydrogen-bond donors (Lipinski definition) is 1. The van der Waals surface area contributed by atoms with Crippen LogP contribution in [0.5, 0.6) is 0 Å². The molecule has 0 radical (unpaired) electrons. The highest BCUT2D eigenvalue weighted by molar-refractivity contribution is 9.10. The van der Waals surface area contributed by atoms with Crippen molar-refractivity contribution in [1.82, 2.24) is 0 Å². The van der Waals surface area contributed by atoms with E-state index in [-0.39, 0.29) is 5.91 Å². The molecule has 0 spiro atoms. The summed E-state index contributed by atoms with van der Waals surface area (Å²) in [6.07, 6.45) is 0.887. The van der Waals surface area contributed by atoms with Crippen molar-refractivity contribution in [3.05, 3.63) is 50.1 Å². The molecule has 0 aliphatic rings. The number of carbonyl (C=O) groups excluding carboxylic acids is 1. The number of anilines is 1. The van der Waals surface area contributed by atoms with Gasteiger partial charge < -0.3 is 5.32 Å². The summed E-state index contributed by atoms with van der Waals surface area (Å²) in [4.78, 5) is 14.0. The maximum atomic E-state index is 12.1. The third-order valence-electron chi connectivity index (χ3n) is 2.66. The van der Waals surface area contributed by atoms with Gasteiger partial charge in [0.1, 0.15) is 0 Å². The number of amides is 1. The van der Waals surface area contributed by atoms with Gasteiger partial charge in [-0.15, -0.1) is 11.3 Å². The zero-order valence-electron chi connectivity index (χ0n) is 10.3. The number of carbonyl (C=O) groups is 1. The van der Waals surface area contributed by atoms with Gasteiger partial charge in [0.2, 0.25) is 0 Å². The summed E-state index contributed by atoms with van der Waals surface area (Å²) < 4.78 is 1.03. The van der Waals surface area contributed by atoms with Gasteiger partial charge in [-0.1, -0.05) is 22.9 Å². The van der Waals surface area contributed by atoms with Crippen LogP contribution in [0.3, 0.4) is 0 Å². The summed E-state index contributed by atoms with van der Waals surface area (Å²) >= 11 is 4.95. The molecule has 0 unspecified atom stereocenters. The minimum Gasteiger partial charge on any atom is -0.321 e. The van der Waals surface area contributed by atoms with Crippen LogP contribution in [0.15, 0.2) is 34.8 Å². The summed E-state index contributed by atoms with van der Waals surface area (Å²) in [6, 6.07) is 9.73. The third-order valence-corrected chi connectivity index (χ3v) is 4.15. The Labute approximate surface area is 119 Å². The van der Waals surface area contributed by atoms with Gasteiger partial charge in [-0.2, -0.15) is 0 Å². The zero-order chi connectivity index (χ0) is 13.1. The molecule has 0 aliphatic carbocycles. The average Bonchev–Trinajstić information content (AvgIpc) is 2.78. The van der Waals surface area contributed by atoms with Gasteiger partial charge >= 0.3 is 0 Å². The molecule has 18 heavy (non-hydrogen) atoms. The second-order valence-electron chi connectivity index (χ2n) is 4.02. The Kier molecular flexibility index (Phi) is 4.19. The monoisotopic (exact) mass is 323 g/mol. The Morgan fingerprint density at radius 1 is 1.33 bits per heavy atom. The Hall–Kier alpha value is -1.13. The third kappa shape index (κ3) is 3.00. The molecule has 1 amide bonds. The molecule has 1 N–H and O–H groups in total. The van der Waals surface area contributed by atoms with Gasteiger partial charge in [0.25, 0.3) is 5.91 Å². The molecular formula is C14H14BrNOS. The first-order chi connectivity index (χ1) is 8.60. The lowest BCUT2D eigenvalue weighted by Crippen LogP contribution is -2.11. The second-order valence-corrected chi connectivity index (χ2v) is 6.22. The number of rotatable bonds is 3. The molecule has 1 aromatic carbocycles. The summed E-state index contributed by atoms with van der Waals surface area (Å²) in [5.74, 6) is -0.0369. The van der Waals surface area contributed by atoms with Crippen molar-refractivity contribution >= 4 is 38.9 Å². The maximum absolute atomic E-state index is 12.1. The minimum absolute atomic E-state index is 0.0369. The first-order valence-corrected chi connectivity index (χ1v) is 7.37. The molecule has 0 saturated heterocycles. The fraction of sp³-hybridized carbons (Fsp3) is 0.214. The van der Waals surface area contributed by atoms with Crippen LogP contribution in [-0.2, 0) is 6.42 Å². The molecule has 0 aliphatic heterocycles. The fourth-order valence-corrected chi connectivity index (χ4v) is 2.89. The molecule has 1 heterocycles. The summed E-state index contributed by atoms with van der Waals surface area (Å²) in [5.41, 5.74) is 2.02. The topological polar surface area (TPSA) is 29.1 Å². The first kappa shape index (κ1) is 13.3. The van der Waals surface area contributed by atoms with Gasteiger partial charge in [0.05, 0.1) is 4.88 Å². The molecule has 2 rings (SSSR count). The lowest BCUT2D eigenvalue weighted by Gasteiger charge is -2.09. The number of nitrogens with one attached hydrogen (secondary N) is 1. The van der Waals surface area contributed by atoms with Crippen LogP contribution in [0.25, 0.3) is 0 Å². The van der Waals surface area contributed by atoms with E-state index in [2.05, 4.69) is 28.2 Å². The molecule has 0 fully saturated rings. The van der Waals surface area contributed by atoms with Gasteiger partial charge in [-0.3, -0.25) is 4.79 Å². The Morgan fingerprint density at radius 3 is 2.72 bits per heavy atom. The number of aryl methyl sites for hydroxylation is 2. The molecule has 2 aromatic rings. The zero-order valence-corrected chi connectivity index (χ0v) is 12.7. The van der Waals surface area contributed by atoms with Gasteiger partial charge in [0.15, 0.2) is 0 Å². The predicted molar refractivity (Wildman–Crippen MR) is 80.5 cm³/mol. The van der Waals surface area contributed by atoms with E-state index in [9.17, 15) is 4.79 Å². The van der Waals surface area contributed by atoms with Crippen molar-refractivity contribution in [2.24, 2.45) is 0 Å². The van der Waals surface area contributed by atoms with Crippen LogP contribution in [0, 0.1) is 6.92 Å². The second kappa shape index (κ2) is 5.67. The maximum Gasteiger partial charge on any atom is 0.265 e. The number of halogens is 1. The van der Waals surface area contributed by atoms with Crippen LogP contribution >= 0.6 is 27.3 Å². The highest BCUT2D eigenvalue weighted by Gasteiger charge is 2.10. The standard InChI is InChI=1S/C14H14BrNOS/c1-3-10-8-11(15)5-6-12(10)16-14(17)13-7-4-9(2)18-13/h4-8H,3H2,1-2H3,(H,16,17). The lowest BCUT2D eigenvalue weighted by atomic mass is 10.1. The average molecular weight is 324 g/mol. The van der Waals surface area contributed by atoms with E-state index in [0.29, 0.717) is 0 Å². The van der Waals surface area contributed by atoms with Gasteiger partial charge in [-0.25, -0.2) is 0 Å². The number of hydrogen-bond acceptors (Lipinski definition) is 2. The highest BCUT2D eigenvalue weighted by Crippen LogP contribution is 2.23. The van der Waals surface area contributed by atoms with Crippen LogP contribution in [0.1, 0.15) is 27.0 Å². The van der Waals surface area contributed by atoms with Crippen LogP contribution < -0.4 is 5.32 Å². The van der Waals surface area contributed by atoms with Crippen molar-refractivity contribution in [1.29, 1.82) is 0 Å². The van der Waals surface area contributed by atoms with E-state index in [1.165, 1.54) is 11.3 Å². The quantitative estimate of drug-likeness (QED) is 0.876. The lowest BCUT2D eigenvalue weighted by molar-refractivity contribution is 0.103. The van der Waals surface area contributed by atoms with Gasteiger partial charge in [-0.05, 0) is 49.2 Å². The van der Waals surface area contributed by atoms with E-state index in [4.69, 9.17) is 0 Å². The largest absolute Gasteiger partial charge is 0.321 e. The summed E-state index contributed by atoms with van der Waals surface area (Å²) in [7, 11) is 0. The summed E-state index contributed by atoms with van der Waals surface area (Å²) in [6.45, 7) is 4.07. The molecule has 0 saturated carbocycles. The van der Waals surface area contributed by atoms with Crippen molar-refractivity contribution < 1.29 is 4.79 Å². The molecule has 1 aromatic heterocycles. The Morgan fingerprint density at radius 2 is 2.11 bits per heavy atom. The van der Waals surface area contributed by atoms with E-state index >= 15 is 0 Å². The molecule has 0 bridgehead atoms. The number of thiophene rings is 1. The normalized spacial score (nSPS) is 10.4. The minimum atomic E-state index is -0.0369. The van der Waals surface area contributed by atoms with E-state index < -0.39 is 0 Å². The predicted octanol–water partition coefficient (Wildman–Crippen LogP) is 4.63. The molecule has 0 atom stereocenters. The Balaban J connectivity index is 2.21. The van der Waals surface area contributed by atoms with Gasteiger partial charge in [0, 0.05) is 15.0 Å². The highest BCUT2D eigenvalue weighted by atomic mass is 79.9. The molecule has 2 nitrogen and oxygen atoms in total. The van der Waals surface area contributed by atoms with E-state index in [1.54, 1.807) is 0 Å². The Bertz CT molecular complexity index is 577. The summed E-state index contributed by atoms with van der Waals surface area (Å²) in [5, 5.41) is 2.97. The molecule has 94 valence electrons. The van der Waals surface area contributed by atoms with Crippen molar-refractivity contribution in [2.45, 2.75) is 20.3 Å². The smallest absolute Gasteiger partial charge is 0.265 e. The fourth-order valence-electron chi connectivity index (χ4n) is 1.72. The van der Waals surface area contributed by atoms with Crippen LogP contribution in [0.4, 0.5) is 5.69 Å². The van der Waals surface area contributed by atoms with Crippen molar-refractivity contribution in [2.75, 3.05) is 5.32 Å². The molecular weight excluding hydrogens is 310 g/mol.